The average molecular weight is 400 g/mol. The summed E-state index contributed by atoms with van der Waals surface area (Å²) in [6, 6.07) is 11.0. The average Bonchev–Trinajstić information content (AvgIpc) is 2.70. The summed E-state index contributed by atoms with van der Waals surface area (Å²) in [6.07, 6.45) is 2.43. The van der Waals surface area contributed by atoms with E-state index in [-0.39, 0.29) is 22.7 Å². The molecule has 2 aromatic carbocycles. The van der Waals surface area contributed by atoms with Crippen LogP contribution in [0.25, 0.3) is 10.8 Å². The SMILES string of the molecule is CN(C(=O)Nc1ccc(F)c(Cl)c1)[C@H]1CCCc2[nH]c(=O)c3ccccc3c21. The van der Waals surface area contributed by atoms with Crippen molar-refractivity contribution in [3.8, 4) is 0 Å². The maximum atomic E-state index is 13.3. The Morgan fingerprint density at radius 1 is 1.25 bits per heavy atom. The fraction of sp³-hybridized carbons (Fsp3) is 0.238. The van der Waals surface area contributed by atoms with Crippen LogP contribution in [0.2, 0.25) is 5.02 Å². The molecule has 0 aliphatic heterocycles. The van der Waals surface area contributed by atoms with Gasteiger partial charge < -0.3 is 15.2 Å². The van der Waals surface area contributed by atoms with Crippen LogP contribution in [0, 0.1) is 5.82 Å². The minimum absolute atomic E-state index is 0.0490. The van der Waals surface area contributed by atoms with Crippen LogP contribution in [0.4, 0.5) is 14.9 Å². The van der Waals surface area contributed by atoms with Gasteiger partial charge in [-0.15, -0.1) is 0 Å². The number of aromatic amines is 1. The van der Waals surface area contributed by atoms with E-state index >= 15 is 0 Å². The number of aromatic nitrogens is 1. The fourth-order valence-corrected chi connectivity index (χ4v) is 4.04. The quantitative estimate of drug-likeness (QED) is 0.646. The molecule has 144 valence electrons. The highest BCUT2D eigenvalue weighted by atomic mass is 35.5. The summed E-state index contributed by atoms with van der Waals surface area (Å²) < 4.78 is 13.3. The van der Waals surface area contributed by atoms with Crippen LogP contribution in [0.3, 0.4) is 0 Å². The normalized spacial score (nSPS) is 15.9. The Morgan fingerprint density at radius 2 is 2.00 bits per heavy atom. The standard InChI is InChI=1S/C21H19ClFN3O2/c1-26(21(28)24-12-9-10-16(23)15(22)11-12)18-8-4-7-17-19(18)13-5-2-3-6-14(13)20(27)25-17/h2-3,5-6,9-11,18H,4,7-8H2,1H3,(H,24,28)(H,25,27)/t18-/m0/s1. The molecule has 1 aliphatic rings. The summed E-state index contributed by atoms with van der Waals surface area (Å²) in [5, 5.41) is 4.20. The zero-order valence-electron chi connectivity index (χ0n) is 15.3. The van der Waals surface area contributed by atoms with Crippen molar-refractivity contribution < 1.29 is 9.18 Å². The van der Waals surface area contributed by atoms with Crippen molar-refractivity contribution in [3.63, 3.8) is 0 Å². The molecule has 2 amide bonds. The zero-order valence-corrected chi connectivity index (χ0v) is 16.0. The Morgan fingerprint density at radius 3 is 2.75 bits per heavy atom. The molecule has 0 fully saturated rings. The predicted molar refractivity (Wildman–Crippen MR) is 108 cm³/mol. The highest BCUT2D eigenvalue weighted by Gasteiger charge is 2.29. The summed E-state index contributed by atoms with van der Waals surface area (Å²) >= 11 is 5.80. The van der Waals surface area contributed by atoms with E-state index in [2.05, 4.69) is 10.3 Å². The number of hydrogen-bond acceptors (Lipinski definition) is 2. The number of carbonyl (C=O) groups is 1. The molecule has 0 saturated carbocycles. The van der Waals surface area contributed by atoms with Gasteiger partial charge in [0.25, 0.3) is 5.56 Å². The number of amides is 2. The number of anilines is 1. The third-order valence-electron chi connectivity index (χ3n) is 5.25. The van der Waals surface area contributed by atoms with Gasteiger partial charge in [-0.1, -0.05) is 29.8 Å². The lowest BCUT2D eigenvalue weighted by Gasteiger charge is -2.34. The van der Waals surface area contributed by atoms with Gasteiger partial charge in [0.15, 0.2) is 0 Å². The Kier molecular flexibility index (Phi) is 4.81. The van der Waals surface area contributed by atoms with Crippen molar-refractivity contribution in [2.75, 3.05) is 12.4 Å². The van der Waals surface area contributed by atoms with Gasteiger partial charge in [-0.25, -0.2) is 9.18 Å². The molecule has 2 N–H and O–H groups in total. The first-order valence-electron chi connectivity index (χ1n) is 9.08. The number of H-pyrrole nitrogens is 1. The van der Waals surface area contributed by atoms with Gasteiger partial charge in [0, 0.05) is 29.4 Å². The molecule has 1 heterocycles. The number of halogens is 2. The molecule has 28 heavy (non-hydrogen) atoms. The number of aryl methyl sites for hydroxylation is 1. The zero-order chi connectivity index (χ0) is 19.8. The number of carbonyl (C=O) groups excluding carboxylic acids is 1. The lowest BCUT2D eigenvalue weighted by atomic mass is 9.87. The summed E-state index contributed by atoms with van der Waals surface area (Å²) in [6.45, 7) is 0. The first kappa shape index (κ1) is 18.5. The fourth-order valence-electron chi connectivity index (χ4n) is 3.86. The van der Waals surface area contributed by atoms with Crippen molar-refractivity contribution in [2.24, 2.45) is 0 Å². The summed E-state index contributed by atoms with van der Waals surface area (Å²) in [5.41, 5.74) is 2.18. The second kappa shape index (κ2) is 7.28. The number of benzene rings is 2. The lowest BCUT2D eigenvalue weighted by Crippen LogP contribution is -2.37. The Balaban J connectivity index is 1.69. The number of hydrogen-bond donors (Lipinski definition) is 2. The van der Waals surface area contributed by atoms with E-state index in [0.717, 1.165) is 35.9 Å². The second-order valence-corrected chi connectivity index (χ2v) is 7.38. The summed E-state index contributed by atoms with van der Waals surface area (Å²) in [5.74, 6) is -0.537. The number of fused-ring (bicyclic) bond motifs is 3. The van der Waals surface area contributed by atoms with Crippen LogP contribution < -0.4 is 10.9 Å². The van der Waals surface area contributed by atoms with Gasteiger partial charge in [-0.2, -0.15) is 0 Å². The van der Waals surface area contributed by atoms with Crippen molar-refractivity contribution in [2.45, 2.75) is 25.3 Å². The minimum Gasteiger partial charge on any atom is -0.325 e. The van der Waals surface area contributed by atoms with E-state index < -0.39 is 5.82 Å². The molecular formula is C21H19ClFN3O2. The van der Waals surface area contributed by atoms with Gasteiger partial charge in [0.05, 0.1) is 11.1 Å². The smallest absolute Gasteiger partial charge is 0.322 e. The number of urea groups is 1. The molecule has 3 aromatic rings. The van der Waals surface area contributed by atoms with Crippen LogP contribution in [0.1, 0.15) is 30.1 Å². The maximum absolute atomic E-state index is 13.3. The molecule has 0 radical (unpaired) electrons. The number of pyridine rings is 1. The van der Waals surface area contributed by atoms with Crippen LogP contribution in [-0.2, 0) is 6.42 Å². The molecule has 1 aliphatic carbocycles. The maximum Gasteiger partial charge on any atom is 0.322 e. The second-order valence-electron chi connectivity index (χ2n) is 6.97. The van der Waals surface area contributed by atoms with Crippen LogP contribution >= 0.6 is 11.6 Å². The topological polar surface area (TPSA) is 65.2 Å². The molecule has 0 unspecified atom stereocenters. The summed E-state index contributed by atoms with van der Waals surface area (Å²) in [7, 11) is 1.72. The van der Waals surface area contributed by atoms with Crippen LogP contribution in [0.15, 0.2) is 47.3 Å². The van der Waals surface area contributed by atoms with E-state index in [0.29, 0.717) is 11.1 Å². The van der Waals surface area contributed by atoms with E-state index in [1.807, 2.05) is 18.2 Å². The molecular weight excluding hydrogens is 381 g/mol. The molecule has 5 nitrogen and oxygen atoms in total. The molecule has 4 rings (SSSR count). The van der Waals surface area contributed by atoms with Crippen LogP contribution in [-0.4, -0.2) is 23.0 Å². The van der Waals surface area contributed by atoms with E-state index in [4.69, 9.17) is 11.6 Å². The van der Waals surface area contributed by atoms with Gasteiger partial charge in [-0.05, 0) is 48.9 Å². The monoisotopic (exact) mass is 399 g/mol. The Hall–Kier alpha value is -2.86. The van der Waals surface area contributed by atoms with Gasteiger partial charge >= 0.3 is 6.03 Å². The van der Waals surface area contributed by atoms with Crippen molar-refractivity contribution in [1.29, 1.82) is 0 Å². The number of nitrogens with one attached hydrogen (secondary N) is 2. The van der Waals surface area contributed by atoms with E-state index in [1.54, 1.807) is 18.0 Å². The lowest BCUT2D eigenvalue weighted by molar-refractivity contribution is 0.197. The molecule has 0 bridgehead atoms. The highest BCUT2D eigenvalue weighted by molar-refractivity contribution is 6.31. The van der Waals surface area contributed by atoms with Crippen molar-refractivity contribution in [3.05, 3.63) is 74.9 Å². The van der Waals surface area contributed by atoms with E-state index in [1.165, 1.54) is 18.2 Å². The number of rotatable bonds is 2. The molecule has 1 atom stereocenters. The third kappa shape index (κ3) is 3.24. The first-order chi connectivity index (χ1) is 13.5. The Bertz CT molecular complexity index is 1130. The Labute approximate surface area is 166 Å². The first-order valence-corrected chi connectivity index (χ1v) is 9.46. The largest absolute Gasteiger partial charge is 0.325 e. The molecule has 1 aromatic heterocycles. The highest BCUT2D eigenvalue weighted by Crippen LogP contribution is 2.36. The number of nitrogens with zero attached hydrogens (tertiary/aromatic N) is 1. The predicted octanol–water partition coefficient (Wildman–Crippen LogP) is 4.86. The van der Waals surface area contributed by atoms with Crippen molar-refractivity contribution in [1.82, 2.24) is 9.88 Å². The summed E-state index contributed by atoms with van der Waals surface area (Å²) in [4.78, 5) is 29.8. The van der Waals surface area contributed by atoms with E-state index in [9.17, 15) is 14.0 Å². The molecule has 0 saturated heterocycles. The van der Waals surface area contributed by atoms with Gasteiger partial charge in [0.2, 0.25) is 0 Å². The van der Waals surface area contributed by atoms with Gasteiger partial charge in [-0.3, -0.25) is 4.79 Å². The van der Waals surface area contributed by atoms with Crippen LogP contribution in [0.5, 0.6) is 0 Å². The molecule has 7 heteroatoms. The molecule has 0 spiro atoms. The third-order valence-corrected chi connectivity index (χ3v) is 5.54. The van der Waals surface area contributed by atoms with Gasteiger partial charge in [0.1, 0.15) is 5.82 Å². The minimum atomic E-state index is -0.537. The van der Waals surface area contributed by atoms with Crippen molar-refractivity contribution >= 4 is 34.1 Å².